The molecule has 8 N–H and O–H groups in total. The molecule has 0 saturated heterocycles. The Morgan fingerprint density at radius 1 is 0.649 bits per heavy atom. The maximum Gasteiger partial charge on any atom is 0.220 e. The summed E-state index contributed by atoms with van der Waals surface area (Å²) in [7, 11) is -3.45. The minimum Gasteiger partial charge on any atom is -0.369 e. The molecular formula is C24H32N10O2S. The molecule has 2 aliphatic rings. The molecule has 0 aromatic heterocycles. The van der Waals surface area contributed by atoms with Gasteiger partial charge in [0.1, 0.15) is 11.3 Å². The Morgan fingerprint density at radius 2 is 0.973 bits per heavy atom. The lowest BCUT2D eigenvalue weighted by molar-refractivity contribution is 0.533. The highest BCUT2D eigenvalue weighted by atomic mass is 32.2. The Kier molecular flexibility index (Phi) is 6.36. The normalized spacial score (nSPS) is 19.0. The van der Waals surface area contributed by atoms with Crippen molar-refractivity contribution in [3.8, 4) is 0 Å². The molecule has 0 atom stereocenters. The summed E-state index contributed by atoms with van der Waals surface area (Å²) < 4.78 is 25.9. The largest absolute Gasteiger partial charge is 0.369 e. The average Bonchev–Trinajstić information content (AvgIpc) is 2.73. The van der Waals surface area contributed by atoms with Crippen LogP contribution in [0, 0.1) is 0 Å². The molecule has 2 aromatic carbocycles. The smallest absolute Gasteiger partial charge is 0.220 e. The van der Waals surface area contributed by atoms with E-state index in [4.69, 9.17) is 22.9 Å². The van der Waals surface area contributed by atoms with Gasteiger partial charge in [0, 0.05) is 11.4 Å². The Morgan fingerprint density at radius 3 is 1.27 bits per heavy atom. The van der Waals surface area contributed by atoms with Crippen LogP contribution >= 0.6 is 0 Å². The van der Waals surface area contributed by atoms with Crippen LogP contribution in [0.2, 0.25) is 0 Å². The highest BCUT2D eigenvalue weighted by molar-refractivity contribution is 7.89. The second-order valence-corrected chi connectivity index (χ2v) is 12.0. The van der Waals surface area contributed by atoms with Gasteiger partial charge in [-0.1, -0.05) is 24.3 Å². The maximum absolute atomic E-state index is 13.0. The van der Waals surface area contributed by atoms with Gasteiger partial charge in [0.15, 0.2) is 9.84 Å². The number of sulfone groups is 1. The summed E-state index contributed by atoms with van der Waals surface area (Å²) in [6, 6.07) is 14.2. The Hall–Kier alpha value is -4.13. The van der Waals surface area contributed by atoms with Gasteiger partial charge in [0.05, 0.1) is 11.5 Å². The zero-order valence-corrected chi connectivity index (χ0v) is 22.1. The summed E-state index contributed by atoms with van der Waals surface area (Å²) in [6.45, 7) is 7.45. The van der Waals surface area contributed by atoms with Gasteiger partial charge in [-0.15, -0.1) is 0 Å². The van der Waals surface area contributed by atoms with Crippen LogP contribution in [0.5, 0.6) is 0 Å². The third-order valence-corrected chi connectivity index (χ3v) is 7.50. The number of nitrogens with two attached hydrogens (primary N) is 4. The van der Waals surface area contributed by atoms with Crippen molar-refractivity contribution in [2.75, 3.05) is 9.80 Å². The molecule has 0 fully saturated rings. The molecule has 0 unspecified atom stereocenters. The molecule has 2 aromatic rings. The van der Waals surface area contributed by atoms with Crippen LogP contribution in [-0.2, 0) is 21.3 Å². The summed E-state index contributed by atoms with van der Waals surface area (Å²) in [6.07, 6.45) is 0. The molecule has 0 aliphatic carbocycles. The van der Waals surface area contributed by atoms with Crippen LogP contribution in [0.1, 0.15) is 38.8 Å². The van der Waals surface area contributed by atoms with Crippen molar-refractivity contribution >= 4 is 45.1 Å². The molecule has 0 radical (unpaired) electrons. The molecule has 12 nitrogen and oxygen atoms in total. The SMILES string of the molecule is CC1(C)N=C(N)N=C(N)N1c1ccc(CS(=O)(=O)Cc2ccc(N3C(N)=NC(N)=NC3(C)C)cc2)cc1. The maximum atomic E-state index is 13.0. The van der Waals surface area contributed by atoms with Gasteiger partial charge in [-0.05, 0) is 63.1 Å². The van der Waals surface area contributed by atoms with E-state index in [-0.39, 0.29) is 35.3 Å². The highest BCUT2D eigenvalue weighted by Crippen LogP contribution is 2.29. The lowest BCUT2D eigenvalue weighted by atomic mass is 10.1. The van der Waals surface area contributed by atoms with E-state index in [1.165, 1.54) is 0 Å². The molecule has 2 heterocycles. The topological polar surface area (TPSA) is 194 Å². The standard InChI is InChI=1S/C24H32N10O2S/c1-23(2)31-19(25)29-21(27)33(23)17-9-5-15(6-10-17)13-37(35,36)14-16-7-11-18(12-8-16)34-22(28)30-20(26)32-24(34,3)4/h5-12H,13-14H2,1-4H3,(H4,25,27,29,31)(H4,26,28,30,32). The predicted octanol–water partition coefficient (Wildman–Crippen LogP) is 1.17. The van der Waals surface area contributed by atoms with E-state index in [2.05, 4.69) is 20.0 Å². The molecule has 0 bridgehead atoms. The van der Waals surface area contributed by atoms with Crippen molar-refractivity contribution in [3.63, 3.8) is 0 Å². The van der Waals surface area contributed by atoms with Gasteiger partial charge < -0.3 is 22.9 Å². The fourth-order valence-corrected chi connectivity index (χ4v) is 6.05. The minimum absolute atomic E-state index is 0.111. The molecule has 13 heteroatoms. The number of hydrogen-bond donors (Lipinski definition) is 4. The molecule has 0 amide bonds. The zero-order chi connectivity index (χ0) is 27.2. The first-order chi connectivity index (χ1) is 17.2. The number of nitrogens with zero attached hydrogens (tertiary/aromatic N) is 6. The summed E-state index contributed by atoms with van der Waals surface area (Å²) in [5.74, 6) is 0.447. The minimum atomic E-state index is -3.45. The molecule has 2 aliphatic heterocycles. The molecule has 196 valence electrons. The van der Waals surface area contributed by atoms with Crippen molar-refractivity contribution in [3.05, 3.63) is 59.7 Å². The molecule has 0 spiro atoms. The summed E-state index contributed by atoms with van der Waals surface area (Å²) in [4.78, 5) is 20.2. The van der Waals surface area contributed by atoms with E-state index in [9.17, 15) is 8.42 Å². The summed E-state index contributed by atoms with van der Waals surface area (Å²) in [5.41, 5.74) is 24.9. The van der Waals surface area contributed by atoms with Crippen LogP contribution in [0.25, 0.3) is 0 Å². The van der Waals surface area contributed by atoms with Gasteiger partial charge in [0.2, 0.25) is 23.8 Å². The zero-order valence-electron chi connectivity index (χ0n) is 21.3. The molecule has 0 saturated carbocycles. The van der Waals surface area contributed by atoms with Crippen LogP contribution in [0.15, 0.2) is 68.5 Å². The molecular weight excluding hydrogens is 492 g/mol. The first kappa shape index (κ1) is 25.9. The first-order valence-corrected chi connectivity index (χ1v) is 13.4. The van der Waals surface area contributed by atoms with Crippen LogP contribution in [-0.4, -0.2) is 43.6 Å². The average molecular weight is 525 g/mol. The van der Waals surface area contributed by atoms with Crippen molar-refractivity contribution in [2.45, 2.75) is 50.5 Å². The second kappa shape index (κ2) is 9.07. The second-order valence-electron chi connectivity index (χ2n) is 9.90. The third-order valence-electron chi connectivity index (χ3n) is 5.95. The number of aliphatic imine (C=N–C) groups is 4. The fourth-order valence-electron chi connectivity index (χ4n) is 4.54. The van der Waals surface area contributed by atoms with Crippen LogP contribution in [0.3, 0.4) is 0 Å². The highest BCUT2D eigenvalue weighted by Gasteiger charge is 2.34. The number of hydrogen-bond acceptors (Lipinski definition) is 12. The van der Waals surface area contributed by atoms with E-state index in [1.54, 1.807) is 58.3 Å². The van der Waals surface area contributed by atoms with Gasteiger partial charge in [0.25, 0.3) is 0 Å². The summed E-state index contributed by atoms with van der Waals surface area (Å²) in [5, 5.41) is 0. The molecule has 4 rings (SSSR count). The first-order valence-electron chi connectivity index (χ1n) is 11.5. The Labute approximate surface area is 216 Å². The van der Waals surface area contributed by atoms with Gasteiger partial charge >= 0.3 is 0 Å². The number of guanidine groups is 4. The third kappa shape index (κ3) is 5.50. The van der Waals surface area contributed by atoms with Gasteiger partial charge in [-0.25, -0.2) is 18.4 Å². The Bertz CT molecular complexity index is 1320. The van der Waals surface area contributed by atoms with E-state index < -0.39 is 21.2 Å². The van der Waals surface area contributed by atoms with Crippen LogP contribution in [0.4, 0.5) is 11.4 Å². The monoisotopic (exact) mass is 524 g/mol. The van der Waals surface area contributed by atoms with Gasteiger partial charge in [-0.2, -0.15) is 9.98 Å². The van der Waals surface area contributed by atoms with Gasteiger partial charge in [-0.3, -0.25) is 9.80 Å². The molecule has 37 heavy (non-hydrogen) atoms. The predicted molar refractivity (Wildman–Crippen MR) is 149 cm³/mol. The van der Waals surface area contributed by atoms with E-state index in [1.807, 2.05) is 27.7 Å². The van der Waals surface area contributed by atoms with Crippen molar-refractivity contribution in [2.24, 2.45) is 42.9 Å². The number of rotatable bonds is 6. The quantitative estimate of drug-likeness (QED) is 0.432. The van der Waals surface area contributed by atoms with E-state index in [0.29, 0.717) is 11.1 Å². The van der Waals surface area contributed by atoms with E-state index in [0.717, 1.165) is 11.4 Å². The van der Waals surface area contributed by atoms with Crippen molar-refractivity contribution < 1.29 is 8.42 Å². The van der Waals surface area contributed by atoms with E-state index >= 15 is 0 Å². The number of benzene rings is 2. The van der Waals surface area contributed by atoms with Crippen molar-refractivity contribution in [1.82, 2.24) is 0 Å². The van der Waals surface area contributed by atoms with Crippen molar-refractivity contribution in [1.29, 1.82) is 0 Å². The summed E-state index contributed by atoms with van der Waals surface area (Å²) >= 11 is 0. The lowest BCUT2D eigenvalue weighted by Crippen LogP contribution is -2.54. The number of anilines is 2. The lowest BCUT2D eigenvalue weighted by Gasteiger charge is -2.38. The van der Waals surface area contributed by atoms with Crippen LogP contribution < -0.4 is 32.7 Å². The fraction of sp³-hybridized carbons (Fsp3) is 0.333. The Balaban J connectivity index is 1.45.